The molecule has 0 saturated carbocycles. The van der Waals surface area contributed by atoms with Crippen LogP contribution in [0.5, 0.6) is 11.5 Å². The number of hydrogen-bond acceptors (Lipinski definition) is 5. The number of anilines is 1. The van der Waals surface area contributed by atoms with Gasteiger partial charge in [0, 0.05) is 32.2 Å². The first-order valence-corrected chi connectivity index (χ1v) is 12.5. The summed E-state index contributed by atoms with van der Waals surface area (Å²) in [6, 6.07) is 8.11. The van der Waals surface area contributed by atoms with Crippen LogP contribution in [0.1, 0.15) is 37.0 Å². The summed E-state index contributed by atoms with van der Waals surface area (Å²) in [5, 5.41) is 0.990. The second-order valence-electron chi connectivity index (χ2n) is 8.99. The molecule has 186 valence electrons. The average molecular weight is 508 g/mol. The van der Waals surface area contributed by atoms with E-state index < -0.39 is 0 Å². The number of halogens is 2. The first-order valence-electron chi connectivity index (χ1n) is 11.7. The number of nitrogen functional groups attached to an aromatic ring is 1. The van der Waals surface area contributed by atoms with Crippen molar-refractivity contribution in [3.63, 3.8) is 0 Å². The standard InChI is InChI=1S/C26H35Cl2N3O3/c1-17(2)30(10-6-18-12-21(27)26(29)22(28)13-18)8-5-9-31-11-7-19-14-23(33-3)24(34-4)15-20(19)16-25(31)32/h12-15,17H,5-11,16,29H2,1-4H3. The molecule has 2 N–H and O–H groups in total. The molecule has 0 bridgehead atoms. The average Bonchev–Trinajstić information content (AvgIpc) is 2.95. The SMILES string of the molecule is COc1cc2c(cc1OC)CC(=O)N(CCCN(CCc1cc(Cl)c(N)c(Cl)c1)C(C)C)CC2. The van der Waals surface area contributed by atoms with Crippen molar-refractivity contribution in [2.75, 3.05) is 46.1 Å². The van der Waals surface area contributed by atoms with Gasteiger partial charge in [0.25, 0.3) is 0 Å². The zero-order valence-corrected chi connectivity index (χ0v) is 22.0. The minimum Gasteiger partial charge on any atom is -0.493 e. The lowest BCUT2D eigenvalue weighted by Crippen LogP contribution is -2.38. The van der Waals surface area contributed by atoms with Crippen LogP contribution >= 0.6 is 23.2 Å². The number of ether oxygens (including phenoxy) is 2. The highest BCUT2D eigenvalue weighted by molar-refractivity contribution is 6.38. The molecule has 0 spiro atoms. The van der Waals surface area contributed by atoms with Gasteiger partial charge in [-0.05, 0) is 74.1 Å². The van der Waals surface area contributed by atoms with Crippen LogP contribution in [0.15, 0.2) is 24.3 Å². The van der Waals surface area contributed by atoms with Crippen LogP contribution in [0.4, 0.5) is 5.69 Å². The normalized spacial score (nSPS) is 13.9. The van der Waals surface area contributed by atoms with Gasteiger partial charge in [0.1, 0.15) is 0 Å². The van der Waals surface area contributed by atoms with Gasteiger partial charge in [0.05, 0.1) is 36.4 Å². The van der Waals surface area contributed by atoms with Crippen LogP contribution in [-0.2, 0) is 24.1 Å². The number of fused-ring (bicyclic) bond motifs is 1. The van der Waals surface area contributed by atoms with Gasteiger partial charge in [-0.25, -0.2) is 0 Å². The van der Waals surface area contributed by atoms with Crippen molar-refractivity contribution < 1.29 is 14.3 Å². The molecule has 1 amide bonds. The molecule has 6 nitrogen and oxygen atoms in total. The number of carbonyl (C=O) groups excluding carboxylic acids is 1. The smallest absolute Gasteiger partial charge is 0.227 e. The van der Waals surface area contributed by atoms with Crippen LogP contribution in [0.25, 0.3) is 0 Å². The lowest BCUT2D eigenvalue weighted by molar-refractivity contribution is -0.130. The number of nitrogens with two attached hydrogens (primary N) is 1. The molecule has 0 atom stereocenters. The third-order valence-corrected chi connectivity index (χ3v) is 7.11. The van der Waals surface area contributed by atoms with E-state index >= 15 is 0 Å². The first kappa shape index (κ1) is 26.5. The van der Waals surface area contributed by atoms with E-state index in [1.807, 2.05) is 29.2 Å². The summed E-state index contributed by atoms with van der Waals surface area (Å²) < 4.78 is 10.9. The van der Waals surface area contributed by atoms with Gasteiger partial charge in [-0.3, -0.25) is 4.79 Å². The van der Waals surface area contributed by atoms with E-state index in [4.69, 9.17) is 38.4 Å². The Balaban J connectivity index is 1.56. The number of hydrogen-bond donors (Lipinski definition) is 1. The van der Waals surface area contributed by atoms with Crippen molar-refractivity contribution in [1.29, 1.82) is 0 Å². The van der Waals surface area contributed by atoms with Crippen LogP contribution in [-0.4, -0.2) is 62.1 Å². The zero-order valence-electron chi connectivity index (χ0n) is 20.5. The lowest BCUT2D eigenvalue weighted by atomic mass is 10.0. The highest BCUT2D eigenvalue weighted by Gasteiger charge is 2.23. The molecule has 0 aromatic heterocycles. The number of rotatable bonds is 10. The number of methoxy groups -OCH3 is 2. The number of carbonyl (C=O) groups is 1. The molecule has 0 unspecified atom stereocenters. The van der Waals surface area contributed by atoms with Gasteiger partial charge in [0.15, 0.2) is 11.5 Å². The molecule has 2 aromatic rings. The zero-order chi connectivity index (χ0) is 24.8. The van der Waals surface area contributed by atoms with E-state index in [2.05, 4.69) is 18.7 Å². The van der Waals surface area contributed by atoms with Crippen LogP contribution < -0.4 is 15.2 Å². The summed E-state index contributed by atoms with van der Waals surface area (Å²) in [7, 11) is 3.25. The van der Waals surface area contributed by atoms with Crippen molar-refractivity contribution in [2.24, 2.45) is 0 Å². The second kappa shape index (κ2) is 12.0. The van der Waals surface area contributed by atoms with Crippen molar-refractivity contribution >= 4 is 34.8 Å². The maximum absolute atomic E-state index is 12.9. The van der Waals surface area contributed by atoms with Crippen molar-refractivity contribution in [1.82, 2.24) is 9.80 Å². The van der Waals surface area contributed by atoms with Crippen LogP contribution in [0.2, 0.25) is 10.0 Å². The van der Waals surface area contributed by atoms with Gasteiger partial charge in [0.2, 0.25) is 5.91 Å². The monoisotopic (exact) mass is 507 g/mol. The van der Waals surface area contributed by atoms with Gasteiger partial charge >= 0.3 is 0 Å². The molecule has 0 fully saturated rings. The molecule has 0 saturated heterocycles. The summed E-state index contributed by atoms with van der Waals surface area (Å²) >= 11 is 12.4. The lowest BCUT2D eigenvalue weighted by Gasteiger charge is -2.28. The minimum atomic E-state index is 0.160. The van der Waals surface area contributed by atoms with Crippen molar-refractivity contribution in [3.8, 4) is 11.5 Å². The number of nitrogens with zero attached hydrogens (tertiary/aromatic N) is 2. The Labute approximate surface area is 212 Å². The molecule has 0 radical (unpaired) electrons. The highest BCUT2D eigenvalue weighted by atomic mass is 35.5. The second-order valence-corrected chi connectivity index (χ2v) is 9.80. The Bertz CT molecular complexity index is 990. The van der Waals surface area contributed by atoms with E-state index in [0.717, 1.165) is 55.6 Å². The number of benzene rings is 2. The molecule has 34 heavy (non-hydrogen) atoms. The molecule has 3 rings (SSSR count). The summed E-state index contributed by atoms with van der Waals surface area (Å²) in [6.45, 7) is 7.63. The Morgan fingerprint density at radius 3 is 2.24 bits per heavy atom. The first-order chi connectivity index (χ1) is 16.2. The fourth-order valence-corrected chi connectivity index (χ4v) is 4.93. The number of amides is 1. The maximum atomic E-state index is 12.9. The molecule has 0 aliphatic carbocycles. The minimum absolute atomic E-state index is 0.160. The van der Waals surface area contributed by atoms with Gasteiger partial charge in [-0.2, -0.15) is 0 Å². The Hall–Kier alpha value is -2.15. The Kier molecular flexibility index (Phi) is 9.34. The molecule has 8 heteroatoms. The van der Waals surface area contributed by atoms with Gasteiger partial charge in [-0.15, -0.1) is 0 Å². The Morgan fingerprint density at radius 2 is 1.65 bits per heavy atom. The predicted octanol–water partition coefficient (Wildman–Crippen LogP) is 4.86. The fourth-order valence-electron chi connectivity index (χ4n) is 4.40. The topological polar surface area (TPSA) is 68.0 Å². The summed E-state index contributed by atoms with van der Waals surface area (Å²) in [6.07, 6.45) is 2.95. The summed E-state index contributed by atoms with van der Waals surface area (Å²) in [4.78, 5) is 17.4. The van der Waals surface area contributed by atoms with Crippen LogP contribution in [0, 0.1) is 0 Å². The fraction of sp³-hybridized carbons (Fsp3) is 0.500. The van der Waals surface area contributed by atoms with Gasteiger partial charge < -0.3 is 25.0 Å². The third-order valence-electron chi connectivity index (χ3n) is 6.48. The van der Waals surface area contributed by atoms with E-state index in [1.54, 1.807) is 14.2 Å². The van der Waals surface area contributed by atoms with Crippen molar-refractivity contribution in [3.05, 3.63) is 51.0 Å². The van der Waals surface area contributed by atoms with Crippen molar-refractivity contribution in [2.45, 2.75) is 45.6 Å². The summed E-state index contributed by atoms with van der Waals surface area (Å²) in [5.41, 5.74) is 9.52. The molecular weight excluding hydrogens is 473 g/mol. The molecule has 1 heterocycles. The molecular formula is C26H35Cl2N3O3. The highest BCUT2D eigenvalue weighted by Crippen LogP contribution is 2.32. The third kappa shape index (κ3) is 6.49. The van der Waals surface area contributed by atoms with E-state index in [-0.39, 0.29) is 5.91 Å². The van der Waals surface area contributed by atoms with E-state index in [1.165, 1.54) is 0 Å². The molecule has 1 aliphatic heterocycles. The largest absolute Gasteiger partial charge is 0.493 e. The van der Waals surface area contributed by atoms with E-state index in [9.17, 15) is 4.79 Å². The quantitative estimate of drug-likeness (QED) is 0.464. The molecule has 1 aliphatic rings. The Morgan fingerprint density at radius 1 is 1.03 bits per heavy atom. The molecule has 2 aromatic carbocycles. The maximum Gasteiger partial charge on any atom is 0.227 e. The summed E-state index contributed by atoms with van der Waals surface area (Å²) in [5.74, 6) is 1.53. The van der Waals surface area contributed by atoms with Gasteiger partial charge in [-0.1, -0.05) is 23.2 Å². The van der Waals surface area contributed by atoms with Crippen LogP contribution in [0.3, 0.4) is 0 Å². The predicted molar refractivity (Wildman–Crippen MR) is 139 cm³/mol. The van der Waals surface area contributed by atoms with E-state index in [0.29, 0.717) is 46.2 Å².